The van der Waals surface area contributed by atoms with Gasteiger partial charge in [-0.05, 0) is 55.4 Å². The molecule has 3 rings (SSSR count). The van der Waals surface area contributed by atoms with Gasteiger partial charge in [0, 0.05) is 5.56 Å². The van der Waals surface area contributed by atoms with Crippen LogP contribution in [0.3, 0.4) is 0 Å². The predicted molar refractivity (Wildman–Crippen MR) is 70.1 cm³/mol. The summed E-state index contributed by atoms with van der Waals surface area (Å²) in [5.74, 6) is 0.727. The Kier molecular flexibility index (Phi) is 2.44. The van der Waals surface area contributed by atoms with Crippen molar-refractivity contribution in [1.82, 2.24) is 0 Å². The zero-order chi connectivity index (χ0) is 12.9. The van der Waals surface area contributed by atoms with E-state index in [0.717, 1.165) is 41.3 Å². The van der Waals surface area contributed by atoms with Crippen LogP contribution in [0.5, 0.6) is 5.75 Å². The highest BCUT2D eigenvalue weighted by molar-refractivity contribution is 5.88. The van der Waals surface area contributed by atoms with Gasteiger partial charge in [-0.2, -0.15) is 0 Å². The van der Waals surface area contributed by atoms with Crippen molar-refractivity contribution >= 4 is 11.0 Å². The lowest BCUT2D eigenvalue weighted by Crippen LogP contribution is -2.20. The molecule has 1 atom stereocenters. The van der Waals surface area contributed by atoms with Crippen LogP contribution in [0.1, 0.15) is 30.0 Å². The first-order valence-electron chi connectivity index (χ1n) is 6.34. The lowest BCUT2D eigenvalue weighted by molar-refractivity contribution is 0.459. The maximum absolute atomic E-state index is 12.0. The molecule has 1 aliphatic carbocycles. The first-order valence-corrected chi connectivity index (χ1v) is 6.34. The van der Waals surface area contributed by atoms with E-state index in [-0.39, 0.29) is 11.4 Å². The van der Waals surface area contributed by atoms with Crippen LogP contribution in [-0.2, 0) is 12.8 Å². The number of aryl methyl sites for hydroxylation is 2. The van der Waals surface area contributed by atoms with E-state index < -0.39 is 0 Å². The van der Waals surface area contributed by atoms with Crippen LogP contribution in [0, 0.1) is 12.8 Å². The molecule has 94 valence electrons. The normalized spacial score (nSPS) is 18.9. The van der Waals surface area contributed by atoms with Crippen LogP contribution < -0.4 is 5.63 Å². The molecule has 0 saturated carbocycles. The third-order valence-corrected chi connectivity index (χ3v) is 3.78. The monoisotopic (exact) mass is 244 g/mol. The summed E-state index contributed by atoms with van der Waals surface area (Å²) in [5, 5.41) is 10.8. The minimum Gasteiger partial charge on any atom is -0.507 e. The van der Waals surface area contributed by atoms with Crippen molar-refractivity contribution in [3.63, 3.8) is 0 Å². The molecule has 18 heavy (non-hydrogen) atoms. The molecule has 1 heterocycles. The summed E-state index contributed by atoms with van der Waals surface area (Å²) in [6.45, 7) is 4.02. The molecule has 3 nitrogen and oxygen atoms in total. The Morgan fingerprint density at radius 1 is 1.33 bits per heavy atom. The summed E-state index contributed by atoms with van der Waals surface area (Å²) in [6.07, 6.45) is 2.65. The van der Waals surface area contributed by atoms with Crippen molar-refractivity contribution in [2.75, 3.05) is 0 Å². The lowest BCUT2D eigenvalue weighted by atomic mass is 9.84. The van der Waals surface area contributed by atoms with Crippen LogP contribution in [0.25, 0.3) is 11.0 Å². The topological polar surface area (TPSA) is 50.4 Å². The molecular weight excluding hydrogens is 228 g/mol. The summed E-state index contributed by atoms with van der Waals surface area (Å²) in [6, 6.07) is 3.54. The molecule has 1 aliphatic rings. The fourth-order valence-electron chi connectivity index (χ4n) is 2.88. The van der Waals surface area contributed by atoms with Gasteiger partial charge in [-0.15, -0.1) is 0 Å². The van der Waals surface area contributed by atoms with Crippen LogP contribution in [0.2, 0.25) is 0 Å². The van der Waals surface area contributed by atoms with Crippen LogP contribution in [0.15, 0.2) is 21.3 Å². The Bertz CT molecular complexity index is 682. The van der Waals surface area contributed by atoms with Crippen molar-refractivity contribution in [3.8, 4) is 5.75 Å². The summed E-state index contributed by atoms with van der Waals surface area (Å²) in [4.78, 5) is 12.0. The van der Waals surface area contributed by atoms with E-state index in [1.54, 1.807) is 6.07 Å². The molecule has 0 spiro atoms. The van der Waals surface area contributed by atoms with E-state index in [0.29, 0.717) is 11.5 Å². The smallest absolute Gasteiger partial charge is 0.339 e. The van der Waals surface area contributed by atoms with E-state index in [2.05, 4.69) is 6.92 Å². The van der Waals surface area contributed by atoms with Crippen molar-refractivity contribution in [3.05, 3.63) is 39.2 Å². The maximum atomic E-state index is 12.0. The molecule has 0 radical (unpaired) electrons. The minimum absolute atomic E-state index is 0.222. The summed E-state index contributed by atoms with van der Waals surface area (Å²) in [7, 11) is 0. The first kappa shape index (κ1) is 11.3. The second-order valence-corrected chi connectivity index (χ2v) is 5.35. The molecule has 1 unspecified atom stereocenters. The van der Waals surface area contributed by atoms with Gasteiger partial charge in [-0.3, -0.25) is 0 Å². The Balaban J connectivity index is 2.41. The second-order valence-electron chi connectivity index (χ2n) is 5.35. The molecule has 0 bridgehead atoms. The number of phenols is 1. The second kappa shape index (κ2) is 3.87. The fraction of sp³-hybridized carbons (Fsp3) is 0.400. The molecule has 2 aromatic rings. The van der Waals surface area contributed by atoms with Crippen molar-refractivity contribution in [2.45, 2.75) is 33.1 Å². The predicted octanol–water partition coefficient (Wildman–Crippen LogP) is 2.93. The number of benzene rings is 1. The summed E-state index contributed by atoms with van der Waals surface area (Å²) < 4.78 is 5.35. The average molecular weight is 244 g/mol. The Hall–Kier alpha value is -1.77. The van der Waals surface area contributed by atoms with Gasteiger partial charge in [0.15, 0.2) is 0 Å². The Morgan fingerprint density at radius 2 is 2.11 bits per heavy atom. The number of rotatable bonds is 0. The number of aromatic hydroxyl groups is 1. The maximum Gasteiger partial charge on any atom is 0.339 e. The van der Waals surface area contributed by atoms with Crippen molar-refractivity contribution in [2.24, 2.45) is 5.92 Å². The molecule has 1 aromatic heterocycles. The standard InChI is InChI=1S/C15H16O3/c1-8-3-4-10-11(5-8)15(17)18-13-7-9(2)6-12(16)14(10)13/h6-8,16H,3-5H2,1-2H3. The molecule has 0 saturated heterocycles. The van der Waals surface area contributed by atoms with Crippen LogP contribution in [-0.4, -0.2) is 5.11 Å². The minimum atomic E-state index is -0.242. The van der Waals surface area contributed by atoms with Gasteiger partial charge in [0.05, 0.1) is 5.39 Å². The molecule has 1 N–H and O–H groups in total. The third kappa shape index (κ3) is 1.62. The summed E-state index contributed by atoms with van der Waals surface area (Å²) in [5.41, 5.74) is 2.89. The van der Waals surface area contributed by atoms with Gasteiger partial charge < -0.3 is 9.52 Å². The van der Waals surface area contributed by atoms with E-state index >= 15 is 0 Å². The third-order valence-electron chi connectivity index (χ3n) is 3.78. The van der Waals surface area contributed by atoms with Gasteiger partial charge in [-0.25, -0.2) is 4.79 Å². The summed E-state index contributed by atoms with van der Waals surface area (Å²) >= 11 is 0. The molecule has 0 fully saturated rings. The van der Waals surface area contributed by atoms with E-state index in [9.17, 15) is 9.90 Å². The molecule has 0 aliphatic heterocycles. The van der Waals surface area contributed by atoms with Gasteiger partial charge >= 0.3 is 5.63 Å². The molecule has 1 aromatic carbocycles. The van der Waals surface area contributed by atoms with E-state index in [1.807, 2.05) is 13.0 Å². The number of hydrogen-bond donors (Lipinski definition) is 1. The average Bonchev–Trinajstić information content (AvgIpc) is 2.29. The number of phenolic OH excluding ortho intramolecular Hbond substituents is 1. The molecule has 3 heteroatoms. The lowest BCUT2D eigenvalue weighted by Gasteiger charge is -2.21. The quantitative estimate of drug-likeness (QED) is 0.725. The zero-order valence-corrected chi connectivity index (χ0v) is 10.6. The van der Waals surface area contributed by atoms with Gasteiger partial charge in [-0.1, -0.05) is 6.92 Å². The highest BCUT2D eigenvalue weighted by atomic mass is 16.4. The Labute approximate surface area is 105 Å². The fourth-order valence-corrected chi connectivity index (χ4v) is 2.88. The van der Waals surface area contributed by atoms with Crippen LogP contribution in [0.4, 0.5) is 0 Å². The molecule has 0 amide bonds. The highest BCUT2D eigenvalue weighted by Crippen LogP contribution is 2.34. The van der Waals surface area contributed by atoms with Gasteiger partial charge in [0.2, 0.25) is 0 Å². The molecular formula is C15H16O3. The largest absolute Gasteiger partial charge is 0.507 e. The van der Waals surface area contributed by atoms with Gasteiger partial charge in [0.25, 0.3) is 0 Å². The SMILES string of the molecule is Cc1cc(O)c2c3c(c(=O)oc2c1)CC(C)CC3. The Morgan fingerprint density at radius 3 is 2.89 bits per heavy atom. The van der Waals surface area contributed by atoms with E-state index in [1.165, 1.54) is 0 Å². The number of hydrogen-bond acceptors (Lipinski definition) is 3. The van der Waals surface area contributed by atoms with Crippen LogP contribution >= 0.6 is 0 Å². The zero-order valence-electron chi connectivity index (χ0n) is 10.6. The number of fused-ring (bicyclic) bond motifs is 3. The van der Waals surface area contributed by atoms with E-state index in [4.69, 9.17) is 4.42 Å². The highest BCUT2D eigenvalue weighted by Gasteiger charge is 2.23. The van der Waals surface area contributed by atoms with Crippen molar-refractivity contribution in [1.29, 1.82) is 0 Å². The first-order chi connectivity index (χ1) is 8.56. The van der Waals surface area contributed by atoms with Crippen molar-refractivity contribution < 1.29 is 9.52 Å². The van der Waals surface area contributed by atoms with Gasteiger partial charge in [0.1, 0.15) is 11.3 Å².